The van der Waals surface area contributed by atoms with Crippen molar-refractivity contribution in [3.63, 3.8) is 0 Å². The van der Waals surface area contributed by atoms with Crippen LogP contribution in [0.2, 0.25) is 0 Å². The molecule has 2 aromatic rings. The lowest BCUT2D eigenvalue weighted by Crippen LogP contribution is -2.32. The van der Waals surface area contributed by atoms with Gasteiger partial charge in [0.2, 0.25) is 0 Å². The first-order chi connectivity index (χ1) is 10.3. The van der Waals surface area contributed by atoms with Gasteiger partial charge in [-0.3, -0.25) is 0 Å². The molecule has 0 aliphatic heterocycles. The summed E-state index contributed by atoms with van der Waals surface area (Å²) < 4.78 is 0. The predicted molar refractivity (Wildman–Crippen MR) is 61.3 cm³/mol. The quantitative estimate of drug-likeness (QED) is 0.557. The largest absolute Gasteiger partial charge is 0.545 e. The number of benzene rings is 2. The minimum Gasteiger partial charge on any atom is -0.545 e. The third-order valence-corrected chi connectivity index (χ3v) is 3.05. The summed E-state index contributed by atoms with van der Waals surface area (Å²) in [6.45, 7) is 0. The number of hydrogen-bond donors (Lipinski definition) is 0. The number of carbonyl (C=O) groups is 4. The molecule has 0 saturated carbocycles. The molecule has 0 spiro atoms. The molecule has 112 valence electrons. The molecule has 0 aliphatic carbocycles. The summed E-state index contributed by atoms with van der Waals surface area (Å²) in [5, 5.41) is 43.4. The van der Waals surface area contributed by atoms with Gasteiger partial charge in [0.25, 0.3) is 0 Å². The summed E-state index contributed by atoms with van der Waals surface area (Å²) in [5.74, 6) is -7.39. The van der Waals surface area contributed by atoms with E-state index in [-0.39, 0.29) is 5.39 Å². The Balaban J connectivity index is 3.13. The molecule has 2 rings (SSSR count). The van der Waals surface area contributed by atoms with E-state index < -0.39 is 51.5 Å². The monoisotopic (exact) mass is 300 g/mol. The van der Waals surface area contributed by atoms with Gasteiger partial charge in [-0.15, -0.1) is 0 Å². The van der Waals surface area contributed by atoms with Crippen LogP contribution in [0.3, 0.4) is 0 Å². The Labute approximate surface area is 121 Å². The number of hydrogen-bond acceptors (Lipinski definition) is 8. The van der Waals surface area contributed by atoms with Crippen LogP contribution in [0, 0.1) is 0 Å². The maximum atomic E-state index is 11.2. The Kier molecular flexibility index (Phi) is 3.52. The summed E-state index contributed by atoms with van der Waals surface area (Å²) in [4.78, 5) is 44.3. The topological polar surface area (TPSA) is 161 Å². The minimum absolute atomic E-state index is 0.328. The van der Waals surface area contributed by atoms with Crippen molar-refractivity contribution in [1.29, 1.82) is 0 Å². The van der Waals surface area contributed by atoms with Gasteiger partial charge < -0.3 is 39.6 Å². The average Bonchev–Trinajstić information content (AvgIpc) is 2.43. The zero-order valence-electron chi connectivity index (χ0n) is 10.6. The Morgan fingerprint density at radius 1 is 0.591 bits per heavy atom. The minimum atomic E-state index is -2.00. The first-order valence-corrected chi connectivity index (χ1v) is 5.70. The van der Waals surface area contributed by atoms with E-state index >= 15 is 0 Å². The normalized spacial score (nSPS) is 10.4. The van der Waals surface area contributed by atoms with Crippen molar-refractivity contribution in [3.8, 4) is 0 Å². The van der Waals surface area contributed by atoms with E-state index in [0.29, 0.717) is 0 Å². The van der Waals surface area contributed by atoms with Gasteiger partial charge in [-0.1, -0.05) is 24.3 Å². The first-order valence-electron chi connectivity index (χ1n) is 5.70. The molecule has 8 heteroatoms. The standard InChI is InChI=1S/C14H8O8/c15-11(16)6-2-4-7(12(17)18)9-5(6)1-3-8(13(19)20)10(9)14(21)22/h1-4H,(H,15,16)(H,17,18)(H,19,20)(H,21,22)/p-4. The summed E-state index contributed by atoms with van der Waals surface area (Å²) >= 11 is 0. The Hall–Kier alpha value is -3.42. The zero-order chi connectivity index (χ0) is 16.6. The second-order valence-electron chi connectivity index (χ2n) is 4.22. The molecule has 0 aliphatic rings. The lowest BCUT2D eigenvalue weighted by molar-refractivity contribution is -0.259. The van der Waals surface area contributed by atoms with Gasteiger partial charge in [0.05, 0.1) is 23.9 Å². The molecule has 8 nitrogen and oxygen atoms in total. The van der Waals surface area contributed by atoms with Gasteiger partial charge in [0, 0.05) is 27.6 Å². The SMILES string of the molecule is O=C([O-])c1ccc2c(C(=O)[O-])ccc(C(=O)[O-])c2c1C(=O)[O-]. The fraction of sp³-hybridized carbons (Fsp3) is 0. The van der Waals surface area contributed by atoms with Crippen molar-refractivity contribution in [2.45, 2.75) is 0 Å². The van der Waals surface area contributed by atoms with Crippen LogP contribution >= 0.6 is 0 Å². The second kappa shape index (κ2) is 5.17. The molecule has 0 heterocycles. The summed E-state index contributed by atoms with van der Waals surface area (Å²) in [6, 6.07) is 3.41. The number of aromatic carboxylic acids is 4. The van der Waals surface area contributed by atoms with E-state index in [1.54, 1.807) is 0 Å². The zero-order valence-corrected chi connectivity index (χ0v) is 10.6. The van der Waals surface area contributed by atoms with Crippen molar-refractivity contribution >= 4 is 34.6 Å². The number of fused-ring (bicyclic) bond motifs is 1. The molecule has 0 bridgehead atoms. The van der Waals surface area contributed by atoms with Gasteiger partial charge >= 0.3 is 0 Å². The van der Waals surface area contributed by atoms with E-state index in [0.717, 1.165) is 24.3 Å². The Bertz CT molecular complexity index is 850. The lowest BCUT2D eigenvalue weighted by atomic mass is 9.92. The fourth-order valence-electron chi connectivity index (χ4n) is 2.18. The summed E-state index contributed by atoms with van der Waals surface area (Å²) in [7, 11) is 0. The van der Waals surface area contributed by atoms with Crippen LogP contribution in [0.15, 0.2) is 24.3 Å². The molecule has 0 unspecified atom stereocenters. The molecule has 0 N–H and O–H groups in total. The van der Waals surface area contributed by atoms with Gasteiger partial charge in [0.15, 0.2) is 0 Å². The van der Waals surface area contributed by atoms with Gasteiger partial charge in [0.1, 0.15) is 0 Å². The van der Waals surface area contributed by atoms with Crippen LogP contribution in [0.5, 0.6) is 0 Å². The van der Waals surface area contributed by atoms with Crippen molar-refractivity contribution in [1.82, 2.24) is 0 Å². The van der Waals surface area contributed by atoms with Gasteiger partial charge in [-0.05, 0) is 5.39 Å². The molecular formula is C14H4O8-4. The maximum Gasteiger partial charge on any atom is 0.0728 e. The fourth-order valence-corrected chi connectivity index (χ4v) is 2.18. The number of rotatable bonds is 4. The molecule has 0 radical (unpaired) electrons. The van der Waals surface area contributed by atoms with Crippen LogP contribution in [0.25, 0.3) is 10.8 Å². The van der Waals surface area contributed by atoms with Gasteiger partial charge in [-0.2, -0.15) is 0 Å². The highest BCUT2D eigenvalue weighted by atomic mass is 16.4. The highest BCUT2D eigenvalue weighted by Crippen LogP contribution is 2.28. The van der Waals surface area contributed by atoms with E-state index in [1.807, 2.05) is 0 Å². The smallest absolute Gasteiger partial charge is 0.0728 e. The van der Waals surface area contributed by atoms with Crippen molar-refractivity contribution in [3.05, 3.63) is 46.5 Å². The highest BCUT2D eigenvalue weighted by Gasteiger charge is 2.16. The lowest BCUT2D eigenvalue weighted by Gasteiger charge is -2.20. The first kappa shape index (κ1) is 15.0. The molecule has 0 fully saturated rings. The van der Waals surface area contributed by atoms with E-state index in [2.05, 4.69) is 0 Å². The molecule has 0 aromatic heterocycles. The van der Waals surface area contributed by atoms with Crippen molar-refractivity contribution in [2.75, 3.05) is 0 Å². The number of carbonyl (C=O) groups excluding carboxylic acids is 4. The third kappa shape index (κ3) is 2.22. The number of carboxylic acid groups (broad SMARTS) is 4. The molecule has 22 heavy (non-hydrogen) atoms. The molecule has 0 atom stereocenters. The summed E-state index contributed by atoms with van der Waals surface area (Å²) in [5.41, 5.74) is -3.04. The van der Waals surface area contributed by atoms with E-state index in [9.17, 15) is 39.6 Å². The second-order valence-corrected chi connectivity index (χ2v) is 4.22. The predicted octanol–water partition coefficient (Wildman–Crippen LogP) is -3.71. The van der Waals surface area contributed by atoms with Crippen molar-refractivity contribution < 1.29 is 39.6 Å². The van der Waals surface area contributed by atoms with E-state index in [1.165, 1.54) is 0 Å². The Morgan fingerprint density at radius 3 is 1.50 bits per heavy atom. The van der Waals surface area contributed by atoms with Crippen molar-refractivity contribution in [2.24, 2.45) is 0 Å². The molecule has 2 aromatic carbocycles. The van der Waals surface area contributed by atoms with Crippen LogP contribution in [0.4, 0.5) is 0 Å². The number of carboxylic acids is 4. The van der Waals surface area contributed by atoms with Crippen LogP contribution in [0.1, 0.15) is 41.4 Å². The van der Waals surface area contributed by atoms with E-state index in [4.69, 9.17) is 0 Å². The molecule has 0 amide bonds. The van der Waals surface area contributed by atoms with Gasteiger partial charge in [-0.25, -0.2) is 0 Å². The summed E-state index contributed by atoms with van der Waals surface area (Å²) in [6.07, 6.45) is 0. The Morgan fingerprint density at radius 2 is 1.05 bits per heavy atom. The molecule has 0 saturated heterocycles. The van der Waals surface area contributed by atoms with Crippen LogP contribution in [-0.4, -0.2) is 23.9 Å². The van der Waals surface area contributed by atoms with Crippen LogP contribution < -0.4 is 20.4 Å². The third-order valence-electron chi connectivity index (χ3n) is 3.05. The average molecular weight is 300 g/mol. The molecular weight excluding hydrogens is 296 g/mol. The maximum absolute atomic E-state index is 11.2. The van der Waals surface area contributed by atoms with Crippen LogP contribution in [-0.2, 0) is 0 Å². The highest BCUT2D eigenvalue weighted by molar-refractivity contribution is 6.19.